The standard InChI is InChI=1S/C13H29NO2S/c1-12(2,3)14-10-8-7-9-11-17(15,16)13(4,5)6/h14H,7-11H2,1-6H3. The van der Waals surface area contributed by atoms with Crippen LogP contribution in [0.15, 0.2) is 0 Å². The fourth-order valence-corrected chi connectivity index (χ4v) is 2.56. The molecule has 0 aliphatic carbocycles. The number of sulfone groups is 1. The van der Waals surface area contributed by atoms with Crippen LogP contribution in [0.25, 0.3) is 0 Å². The minimum atomic E-state index is -2.93. The zero-order valence-corrected chi connectivity index (χ0v) is 13.1. The van der Waals surface area contributed by atoms with Gasteiger partial charge in [-0.05, 0) is 60.9 Å². The zero-order chi connectivity index (χ0) is 13.7. The second-order valence-electron chi connectivity index (χ2n) is 6.67. The monoisotopic (exact) mass is 263 g/mol. The first kappa shape index (κ1) is 16.9. The van der Waals surface area contributed by atoms with Crippen molar-refractivity contribution in [1.82, 2.24) is 5.32 Å². The third-order valence-electron chi connectivity index (χ3n) is 2.68. The Balaban J connectivity index is 3.74. The lowest BCUT2D eigenvalue weighted by molar-refractivity contribution is 0.418. The van der Waals surface area contributed by atoms with E-state index in [1.807, 2.05) is 0 Å². The van der Waals surface area contributed by atoms with Gasteiger partial charge in [0.15, 0.2) is 9.84 Å². The van der Waals surface area contributed by atoms with Crippen LogP contribution in [0.5, 0.6) is 0 Å². The molecule has 0 spiro atoms. The Labute approximate surface area is 107 Å². The van der Waals surface area contributed by atoms with E-state index in [1.165, 1.54) is 0 Å². The lowest BCUT2D eigenvalue weighted by Crippen LogP contribution is -2.36. The Morgan fingerprint density at radius 3 is 1.82 bits per heavy atom. The fraction of sp³-hybridized carbons (Fsp3) is 1.00. The molecule has 0 aliphatic heterocycles. The zero-order valence-electron chi connectivity index (χ0n) is 12.3. The van der Waals surface area contributed by atoms with Gasteiger partial charge in [-0.25, -0.2) is 8.42 Å². The van der Waals surface area contributed by atoms with Gasteiger partial charge in [0.2, 0.25) is 0 Å². The highest BCUT2D eigenvalue weighted by Crippen LogP contribution is 2.17. The highest BCUT2D eigenvalue weighted by atomic mass is 32.2. The Kier molecular flexibility index (Phi) is 6.15. The molecule has 0 radical (unpaired) electrons. The predicted molar refractivity (Wildman–Crippen MR) is 75.1 cm³/mol. The van der Waals surface area contributed by atoms with Crippen molar-refractivity contribution < 1.29 is 8.42 Å². The van der Waals surface area contributed by atoms with E-state index in [9.17, 15) is 8.42 Å². The van der Waals surface area contributed by atoms with Crippen LogP contribution in [0.4, 0.5) is 0 Å². The molecule has 0 rings (SSSR count). The summed E-state index contributed by atoms with van der Waals surface area (Å²) in [5.74, 6) is 0.312. The highest BCUT2D eigenvalue weighted by molar-refractivity contribution is 7.92. The van der Waals surface area contributed by atoms with Gasteiger partial charge < -0.3 is 5.32 Å². The van der Waals surface area contributed by atoms with Crippen molar-refractivity contribution in [3.8, 4) is 0 Å². The molecular formula is C13H29NO2S. The topological polar surface area (TPSA) is 46.2 Å². The Morgan fingerprint density at radius 2 is 1.41 bits per heavy atom. The van der Waals surface area contributed by atoms with Gasteiger partial charge in [0.1, 0.15) is 0 Å². The summed E-state index contributed by atoms with van der Waals surface area (Å²) < 4.78 is 23.0. The van der Waals surface area contributed by atoms with Crippen molar-refractivity contribution in [2.75, 3.05) is 12.3 Å². The van der Waals surface area contributed by atoms with Crippen LogP contribution in [-0.2, 0) is 9.84 Å². The summed E-state index contributed by atoms with van der Waals surface area (Å²) in [7, 11) is -2.93. The Bertz CT molecular complexity index is 307. The van der Waals surface area contributed by atoms with Gasteiger partial charge in [0, 0.05) is 5.54 Å². The number of hydrogen-bond donors (Lipinski definition) is 1. The Hall–Kier alpha value is -0.0900. The molecule has 0 bridgehead atoms. The quantitative estimate of drug-likeness (QED) is 0.750. The fourth-order valence-electron chi connectivity index (χ4n) is 1.36. The van der Waals surface area contributed by atoms with Crippen molar-refractivity contribution >= 4 is 9.84 Å². The second kappa shape index (κ2) is 6.19. The molecule has 3 nitrogen and oxygen atoms in total. The summed E-state index contributed by atoms with van der Waals surface area (Å²) >= 11 is 0. The second-order valence-corrected chi connectivity index (χ2v) is 9.53. The van der Waals surface area contributed by atoms with Crippen molar-refractivity contribution in [2.45, 2.75) is 71.1 Å². The van der Waals surface area contributed by atoms with Gasteiger partial charge in [0.05, 0.1) is 10.5 Å². The maximum absolute atomic E-state index is 11.8. The summed E-state index contributed by atoms with van der Waals surface area (Å²) in [6, 6.07) is 0. The van der Waals surface area contributed by atoms with E-state index in [0.717, 1.165) is 25.8 Å². The molecule has 1 N–H and O–H groups in total. The first-order valence-corrected chi connectivity index (χ1v) is 8.08. The molecule has 0 unspecified atom stereocenters. The molecule has 0 aliphatic rings. The minimum absolute atomic E-state index is 0.150. The minimum Gasteiger partial charge on any atom is -0.312 e. The highest BCUT2D eigenvalue weighted by Gasteiger charge is 2.27. The third-order valence-corrected chi connectivity index (χ3v) is 5.37. The van der Waals surface area contributed by atoms with E-state index in [0.29, 0.717) is 5.75 Å². The predicted octanol–water partition coefficient (Wildman–Crippen LogP) is 2.76. The number of nitrogens with one attached hydrogen (secondary N) is 1. The van der Waals surface area contributed by atoms with Crippen molar-refractivity contribution in [2.24, 2.45) is 0 Å². The molecule has 17 heavy (non-hydrogen) atoms. The van der Waals surface area contributed by atoms with E-state index >= 15 is 0 Å². The van der Waals surface area contributed by atoms with Gasteiger partial charge in [-0.15, -0.1) is 0 Å². The molecule has 104 valence electrons. The average Bonchev–Trinajstić information content (AvgIpc) is 2.07. The summed E-state index contributed by atoms with van der Waals surface area (Å²) in [6.07, 6.45) is 2.78. The number of rotatable bonds is 6. The third kappa shape index (κ3) is 7.77. The van der Waals surface area contributed by atoms with E-state index in [4.69, 9.17) is 0 Å². The van der Waals surface area contributed by atoms with Gasteiger partial charge in [0.25, 0.3) is 0 Å². The summed E-state index contributed by atoms with van der Waals surface area (Å²) in [5.41, 5.74) is 0.150. The first-order chi connectivity index (χ1) is 7.46. The summed E-state index contributed by atoms with van der Waals surface area (Å²) in [4.78, 5) is 0. The van der Waals surface area contributed by atoms with Crippen LogP contribution in [-0.4, -0.2) is 31.0 Å². The lowest BCUT2D eigenvalue weighted by Gasteiger charge is -2.21. The van der Waals surface area contributed by atoms with Crippen LogP contribution in [0.3, 0.4) is 0 Å². The average molecular weight is 263 g/mol. The normalized spacial score (nSPS) is 14.0. The Morgan fingerprint density at radius 1 is 0.882 bits per heavy atom. The molecule has 0 aromatic heterocycles. The lowest BCUT2D eigenvalue weighted by atomic mass is 10.1. The van der Waals surface area contributed by atoms with E-state index in [1.54, 1.807) is 20.8 Å². The molecule has 0 saturated carbocycles. The first-order valence-electron chi connectivity index (χ1n) is 6.43. The van der Waals surface area contributed by atoms with Crippen molar-refractivity contribution in [3.63, 3.8) is 0 Å². The smallest absolute Gasteiger partial charge is 0.155 e. The molecule has 4 heteroatoms. The molecule has 0 heterocycles. The van der Waals surface area contributed by atoms with Crippen molar-refractivity contribution in [1.29, 1.82) is 0 Å². The molecule has 0 fully saturated rings. The largest absolute Gasteiger partial charge is 0.312 e. The molecule has 0 aromatic carbocycles. The molecule has 0 atom stereocenters. The van der Waals surface area contributed by atoms with Gasteiger partial charge in [-0.3, -0.25) is 0 Å². The van der Waals surface area contributed by atoms with Crippen LogP contribution in [0, 0.1) is 0 Å². The number of hydrogen-bond acceptors (Lipinski definition) is 3. The maximum Gasteiger partial charge on any atom is 0.155 e. The maximum atomic E-state index is 11.8. The van der Waals surface area contributed by atoms with Gasteiger partial charge in [-0.1, -0.05) is 6.42 Å². The van der Waals surface area contributed by atoms with Crippen LogP contribution >= 0.6 is 0 Å². The van der Waals surface area contributed by atoms with Gasteiger partial charge >= 0.3 is 0 Å². The molecule has 0 aromatic rings. The summed E-state index contributed by atoms with van der Waals surface area (Å²) in [5, 5.41) is 3.40. The van der Waals surface area contributed by atoms with Crippen LogP contribution < -0.4 is 5.32 Å². The van der Waals surface area contributed by atoms with E-state index < -0.39 is 14.6 Å². The van der Waals surface area contributed by atoms with Crippen LogP contribution in [0.2, 0.25) is 0 Å². The van der Waals surface area contributed by atoms with E-state index in [2.05, 4.69) is 26.1 Å². The van der Waals surface area contributed by atoms with Gasteiger partial charge in [-0.2, -0.15) is 0 Å². The molecule has 0 amide bonds. The van der Waals surface area contributed by atoms with E-state index in [-0.39, 0.29) is 5.54 Å². The van der Waals surface area contributed by atoms with Crippen molar-refractivity contribution in [3.05, 3.63) is 0 Å². The van der Waals surface area contributed by atoms with Crippen LogP contribution in [0.1, 0.15) is 60.8 Å². The molecular weight excluding hydrogens is 234 g/mol. The SMILES string of the molecule is CC(C)(C)NCCCCCS(=O)(=O)C(C)(C)C. The molecule has 0 saturated heterocycles. The number of unbranched alkanes of at least 4 members (excludes halogenated alkanes) is 2. The summed E-state index contributed by atoms with van der Waals surface area (Å²) in [6.45, 7) is 12.7.